The maximum absolute atomic E-state index is 11.7. The van der Waals surface area contributed by atoms with Crippen molar-refractivity contribution in [3.8, 4) is 5.75 Å². The molecule has 0 saturated carbocycles. The number of carbonyl (C=O) groups excluding carboxylic acids is 2. The van der Waals surface area contributed by atoms with E-state index in [1.54, 1.807) is 18.2 Å². The minimum absolute atomic E-state index is 0.0826. The van der Waals surface area contributed by atoms with Crippen LogP contribution < -0.4 is 4.74 Å². The number of benzene rings is 1. The van der Waals surface area contributed by atoms with Gasteiger partial charge in [0.05, 0.1) is 10.0 Å². The van der Waals surface area contributed by atoms with Gasteiger partial charge in [-0.1, -0.05) is 34.8 Å². The molecule has 0 atom stereocenters. The Morgan fingerprint density at radius 3 is 2.27 bits per heavy atom. The van der Waals surface area contributed by atoms with E-state index < -0.39 is 5.97 Å². The summed E-state index contributed by atoms with van der Waals surface area (Å²) < 4.78 is 10.1. The number of rotatable bonds is 7. The first-order valence-corrected chi connectivity index (χ1v) is 7.59. The van der Waals surface area contributed by atoms with Gasteiger partial charge in [-0.05, 0) is 38.5 Å². The molecule has 4 nitrogen and oxygen atoms in total. The van der Waals surface area contributed by atoms with Crippen LogP contribution in [0.4, 0.5) is 0 Å². The van der Waals surface area contributed by atoms with Crippen LogP contribution in [0.1, 0.15) is 33.1 Å². The number of para-hydroxylation sites is 1. The topological polar surface area (TPSA) is 52.6 Å². The van der Waals surface area contributed by atoms with Crippen molar-refractivity contribution in [2.45, 2.75) is 33.1 Å². The van der Waals surface area contributed by atoms with Gasteiger partial charge in [0.2, 0.25) is 0 Å². The SMILES string of the molecule is CC(C)=CCOC(=O)CCCC(=O)Oc1c(Cl)cccc1Cl. The number of hydrogen-bond acceptors (Lipinski definition) is 4. The summed E-state index contributed by atoms with van der Waals surface area (Å²) in [4.78, 5) is 23.1. The van der Waals surface area contributed by atoms with Crippen molar-refractivity contribution >= 4 is 35.1 Å². The molecule has 1 aromatic carbocycles. The van der Waals surface area contributed by atoms with Crippen molar-refractivity contribution in [3.05, 3.63) is 39.9 Å². The van der Waals surface area contributed by atoms with Crippen molar-refractivity contribution < 1.29 is 19.1 Å². The standard InChI is InChI=1S/C16H18Cl2O4/c1-11(2)9-10-21-14(19)7-4-8-15(20)22-16-12(17)5-3-6-13(16)18/h3,5-6,9H,4,7-8,10H2,1-2H3. The summed E-state index contributed by atoms with van der Waals surface area (Å²) in [5.41, 5.74) is 1.08. The van der Waals surface area contributed by atoms with Gasteiger partial charge in [0.25, 0.3) is 0 Å². The van der Waals surface area contributed by atoms with Crippen LogP contribution in [0.15, 0.2) is 29.8 Å². The van der Waals surface area contributed by atoms with E-state index in [0.717, 1.165) is 5.57 Å². The van der Waals surface area contributed by atoms with Gasteiger partial charge < -0.3 is 9.47 Å². The van der Waals surface area contributed by atoms with E-state index in [1.165, 1.54) is 0 Å². The Morgan fingerprint density at radius 1 is 1.09 bits per heavy atom. The number of allylic oxidation sites excluding steroid dienone is 1. The first-order chi connectivity index (χ1) is 10.4. The molecule has 0 aromatic heterocycles. The van der Waals surface area contributed by atoms with Crippen LogP contribution >= 0.6 is 23.2 Å². The van der Waals surface area contributed by atoms with Crippen LogP contribution in [0.25, 0.3) is 0 Å². The first-order valence-electron chi connectivity index (χ1n) is 6.84. The van der Waals surface area contributed by atoms with Crippen molar-refractivity contribution in [1.29, 1.82) is 0 Å². The Kier molecular flexibility index (Phi) is 7.99. The number of ether oxygens (including phenoxy) is 2. The summed E-state index contributed by atoms with van der Waals surface area (Å²) in [6, 6.07) is 4.82. The lowest BCUT2D eigenvalue weighted by Crippen LogP contribution is -2.10. The van der Waals surface area contributed by atoms with Crippen LogP contribution in [0, 0.1) is 0 Å². The number of halogens is 2. The molecule has 1 aromatic rings. The lowest BCUT2D eigenvalue weighted by Gasteiger charge is -2.07. The van der Waals surface area contributed by atoms with E-state index in [1.807, 2.05) is 19.9 Å². The molecule has 0 aliphatic rings. The third-order valence-corrected chi connectivity index (χ3v) is 3.23. The summed E-state index contributed by atoms with van der Waals surface area (Å²) in [6.45, 7) is 4.09. The second-order valence-electron chi connectivity index (χ2n) is 4.84. The Balaban J connectivity index is 2.32. The Bertz CT molecular complexity index is 543. The second-order valence-corrected chi connectivity index (χ2v) is 5.66. The molecule has 1 rings (SSSR count). The highest BCUT2D eigenvalue weighted by Gasteiger charge is 2.12. The lowest BCUT2D eigenvalue weighted by molar-refractivity contribution is -0.142. The quantitative estimate of drug-likeness (QED) is 0.412. The smallest absolute Gasteiger partial charge is 0.311 e. The molecule has 0 aliphatic carbocycles. The van der Waals surface area contributed by atoms with E-state index in [-0.39, 0.29) is 41.2 Å². The average molecular weight is 345 g/mol. The van der Waals surface area contributed by atoms with E-state index in [9.17, 15) is 9.59 Å². The minimum Gasteiger partial charge on any atom is -0.461 e. The first kappa shape index (κ1) is 18.5. The molecule has 120 valence electrons. The summed E-state index contributed by atoms with van der Waals surface area (Å²) in [7, 11) is 0. The van der Waals surface area contributed by atoms with Crippen LogP contribution in [-0.4, -0.2) is 18.5 Å². The molecule has 0 aliphatic heterocycles. The van der Waals surface area contributed by atoms with E-state index in [0.29, 0.717) is 6.42 Å². The summed E-state index contributed by atoms with van der Waals surface area (Å²) in [6.07, 6.45) is 2.39. The van der Waals surface area contributed by atoms with Crippen molar-refractivity contribution in [1.82, 2.24) is 0 Å². The highest BCUT2D eigenvalue weighted by Crippen LogP contribution is 2.32. The predicted octanol–water partition coefficient (Wildman–Crippen LogP) is 4.58. The van der Waals surface area contributed by atoms with Gasteiger partial charge in [-0.3, -0.25) is 9.59 Å². The predicted molar refractivity (Wildman–Crippen MR) is 86.3 cm³/mol. The fraction of sp³-hybridized carbons (Fsp3) is 0.375. The van der Waals surface area contributed by atoms with Gasteiger partial charge >= 0.3 is 11.9 Å². The monoisotopic (exact) mass is 344 g/mol. The van der Waals surface area contributed by atoms with Crippen LogP contribution in [-0.2, 0) is 14.3 Å². The molecule has 22 heavy (non-hydrogen) atoms. The summed E-state index contributed by atoms with van der Waals surface area (Å²) in [5.74, 6) is -0.699. The molecule has 6 heteroatoms. The third kappa shape index (κ3) is 6.96. The molecule has 0 radical (unpaired) electrons. The molecule has 0 amide bonds. The molecule has 0 N–H and O–H groups in total. The maximum atomic E-state index is 11.7. The largest absolute Gasteiger partial charge is 0.461 e. The van der Waals surface area contributed by atoms with E-state index in [4.69, 9.17) is 32.7 Å². The summed E-state index contributed by atoms with van der Waals surface area (Å²) in [5, 5.41) is 0.531. The zero-order valence-electron chi connectivity index (χ0n) is 12.5. The number of carbonyl (C=O) groups is 2. The zero-order chi connectivity index (χ0) is 16.5. The molecule has 0 fully saturated rings. The van der Waals surface area contributed by atoms with Gasteiger partial charge in [-0.2, -0.15) is 0 Å². The average Bonchev–Trinajstić information content (AvgIpc) is 2.42. The Morgan fingerprint density at radius 2 is 1.68 bits per heavy atom. The van der Waals surface area contributed by atoms with Crippen molar-refractivity contribution in [3.63, 3.8) is 0 Å². The molecule has 0 saturated heterocycles. The zero-order valence-corrected chi connectivity index (χ0v) is 14.0. The highest BCUT2D eigenvalue weighted by molar-refractivity contribution is 6.37. The van der Waals surface area contributed by atoms with Gasteiger partial charge in [-0.25, -0.2) is 0 Å². The fourth-order valence-electron chi connectivity index (χ4n) is 1.50. The number of esters is 2. The van der Waals surface area contributed by atoms with E-state index >= 15 is 0 Å². The van der Waals surface area contributed by atoms with E-state index in [2.05, 4.69) is 0 Å². The minimum atomic E-state index is -0.493. The van der Waals surface area contributed by atoms with Gasteiger partial charge in [0.1, 0.15) is 6.61 Å². The number of hydrogen-bond donors (Lipinski definition) is 0. The second kappa shape index (κ2) is 9.49. The van der Waals surface area contributed by atoms with Crippen LogP contribution in [0.5, 0.6) is 5.75 Å². The van der Waals surface area contributed by atoms with Gasteiger partial charge in [0.15, 0.2) is 5.75 Å². The third-order valence-electron chi connectivity index (χ3n) is 2.63. The fourth-order valence-corrected chi connectivity index (χ4v) is 1.97. The molecule has 0 unspecified atom stereocenters. The van der Waals surface area contributed by atoms with Gasteiger partial charge in [0, 0.05) is 12.8 Å². The molecular formula is C16H18Cl2O4. The highest BCUT2D eigenvalue weighted by atomic mass is 35.5. The maximum Gasteiger partial charge on any atom is 0.311 e. The summed E-state index contributed by atoms with van der Waals surface area (Å²) >= 11 is 11.8. The van der Waals surface area contributed by atoms with Crippen molar-refractivity contribution in [2.24, 2.45) is 0 Å². The Hall–Kier alpha value is -1.52. The Labute approximate surface area is 140 Å². The van der Waals surface area contributed by atoms with Gasteiger partial charge in [-0.15, -0.1) is 0 Å². The normalized spacial score (nSPS) is 10.0. The molecular weight excluding hydrogens is 327 g/mol. The van der Waals surface area contributed by atoms with Crippen LogP contribution in [0.3, 0.4) is 0 Å². The molecule has 0 heterocycles. The molecule has 0 spiro atoms. The van der Waals surface area contributed by atoms with Crippen LogP contribution in [0.2, 0.25) is 10.0 Å². The van der Waals surface area contributed by atoms with Crippen molar-refractivity contribution in [2.75, 3.05) is 6.61 Å². The molecule has 0 bridgehead atoms. The lowest BCUT2D eigenvalue weighted by atomic mass is 10.2.